The first-order chi connectivity index (χ1) is 8.25. The Balaban J connectivity index is 3.76. The molecule has 0 aromatic heterocycles. The van der Waals surface area contributed by atoms with Gasteiger partial charge in [0, 0.05) is 5.56 Å². The fourth-order valence-electron chi connectivity index (χ4n) is 1.24. The average Bonchev–Trinajstić information content (AvgIpc) is 2.26. The molecule has 94 valence electrons. The van der Waals surface area contributed by atoms with Gasteiger partial charge in [0.2, 0.25) is 0 Å². The Morgan fingerprint density at radius 1 is 0.944 bits per heavy atom. The summed E-state index contributed by atoms with van der Waals surface area (Å²) in [6.45, 7) is 0. The summed E-state index contributed by atoms with van der Waals surface area (Å²) in [5.41, 5.74) is -2.42. The molecule has 0 radical (unpaired) electrons. The second-order valence-electron chi connectivity index (χ2n) is 3.00. The molecule has 0 fully saturated rings. The van der Waals surface area contributed by atoms with Crippen molar-refractivity contribution in [3.05, 3.63) is 38.9 Å². The summed E-state index contributed by atoms with van der Waals surface area (Å²) in [5, 5.41) is 7.37. The van der Waals surface area contributed by atoms with Gasteiger partial charge in [-0.3, -0.25) is 24.5 Å². The number of carbonyl (C=O) groups excluding carboxylic acids is 3. The van der Waals surface area contributed by atoms with E-state index in [0.29, 0.717) is 0 Å². The van der Waals surface area contributed by atoms with Crippen LogP contribution >= 0.6 is 34.8 Å². The van der Waals surface area contributed by atoms with Crippen LogP contribution in [0.4, 0.5) is 5.69 Å². The Bertz CT molecular complexity index is 549. The van der Waals surface area contributed by atoms with Crippen LogP contribution < -0.4 is 0 Å². The molecule has 18 heavy (non-hydrogen) atoms. The molecule has 0 aliphatic rings. The maximum Gasteiger partial charge on any atom is 0.293 e. The van der Waals surface area contributed by atoms with Crippen LogP contribution in [0.5, 0.6) is 0 Å². The normalized spacial score (nSPS) is 9.94. The number of hydrogen-bond donors (Lipinski definition) is 0. The van der Waals surface area contributed by atoms with Gasteiger partial charge in [0.15, 0.2) is 0 Å². The highest BCUT2D eigenvalue weighted by Gasteiger charge is 2.29. The average molecular weight is 310 g/mol. The van der Waals surface area contributed by atoms with Crippen LogP contribution in [0.25, 0.3) is 0 Å². The molecule has 0 atom stereocenters. The highest BCUT2D eigenvalue weighted by Crippen LogP contribution is 2.29. The van der Waals surface area contributed by atoms with Crippen molar-refractivity contribution in [1.82, 2.24) is 0 Å². The van der Waals surface area contributed by atoms with Gasteiger partial charge in [-0.15, -0.1) is 0 Å². The van der Waals surface area contributed by atoms with Crippen molar-refractivity contribution in [2.45, 2.75) is 0 Å². The van der Waals surface area contributed by atoms with Gasteiger partial charge in [-0.2, -0.15) is 0 Å². The minimum Gasteiger partial charge on any atom is -0.276 e. The molecule has 0 spiro atoms. The van der Waals surface area contributed by atoms with E-state index in [0.717, 1.165) is 12.1 Å². The van der Waals surface area contributed by atoms with Gasteiger partial charge < -0.3 is 0 Å². The first kappa shape index (κ1) is 14.6. The molecule has 1 aromatic carbocycles. The monoisotopic (exact) mass is 309 g/mol. The largest absolute Gasteiger partial charge is 0.293 e. The van der Waals surface area contributed by atoms with Gasteiger partial charge in [-0.1, -0.05) is 0 Å². The zero-order valence-electron chi connectivity index (χ0n) is 8.28. The molecule has 0 bridgehead atoms. The number of benzene rings is 1. The van der Waals surface area contributed by atoms with Crippen LogP contribution in [0.15, 0.2) is 12.1 Å². The molecule has 1 rings (SSSR count). The Morgan fingerprint density at radius 2 is 1.33 bits per heavy atom. The number of carbonyl (C=O) groups is 3. The predicted molar refractivity (Wildman–Crippen MR) is 63.6 cm³/mol. The van der Waals surface area contributed by atoms with Gasteiger partial charge in [-0.25, -0.2) is 0 Å². The van der Waals surface area contributed by atoms with Crippen molar-refractivity contribution in [3.8, 4) is 0 Å². The summed E-state index contributed by atoms with van der Waals surface area (Å²) >= 11 is 15.5. The van der Waals surface area contributed by atoms with Gasteiger partial charge in [0.25, 0.3) is 21.4 Å². The molecule has 0 aliphatic carbocycles. The zero-order valence-corrected chi connectivity index (χ0v) is 10.5. The predicted octanol–water partition coefficient (Wildman–Crippen LogP) is 2.73. The minimum atomic E-state index is -1.21. The quantitative estimate of drug-likeness (QED) is 0.484. The topological polar surface area (TPSA) is 94.3 Å². The lowest BCUT2D eigenvalue weighted by Gasteiger charge is -2.04. The van der Waals surface area contributed by atoms with Crippen molar-refractivity contribution in [2.75, 3.05) is 0 Å². The van der Waals surface area contributed by atoms with Crippen LogP contribution in [0.2, 0.25) is 0 Å². The van der Waals surface area contributed by atoms with E-state index in [1.54, 1.807) is 0 Å². The molecule has 0 heterocycles. The Morgan fingerprint density at radius 3 is 1.56 bits per heavy atom. The third-order valence-corrected chi connectivity index (χ3v) is 2.57. The van der Waals surface area contributed by atoms with E-state index in [2.05, 4.69) is 0 Å². The van der Waals surface area contributed by atoms with Crippen LogP contribution in [0.1, 0.15) is 31.1 Å². The zero-order chi connectivity index (χ0) is 14.0. The minimum absolute atomic E-state index is 0.296. The van der Waals surface area contributed by atoms with Gasteiger partial charge in [0.05, 0.1) is 4.92 Å². The maximum atomic E-state index is 11.1. The lowest BCUT2D eigenvalue weighted by molar-refractivity contribution is -0.385. The summed E-state index contributed by atoms with van der Waals surface area (Å²) < 4.78 is 0. The van der Waals surface area contributed by atoms with Crippen molar-refractivity contribution >= 4 is 56.2 Å². The molecule has 9 heteroatoms. The molecule has 1 aromatic rings. The molecule has 6 nitrogen and oxygen atoms in total. The Labute approximate surface area is 115 Å². The SMILES string of the molecule is O=C(Cl)c1cc(C(=O)Cl)c([N+](=O)[O-])c(C(=O)Cl)c1. The van der Waals surface area contributed by atoms with E-state index in [1.807, 2.05) is 0 Å². The van der Waals surface area contributed by atoms with Crippen LogP contribution in [-0.4, -0.2) is 20.7 Å². The van der Waals surface area contributed by atoms with Crippen molar-refractivity contribution < 1.29 is 19.3 Å². The van der Waals surface area contributed by atoms with E-state index < -0.39 is 37.5 Å². The molecule has 0 N–H and O–H groups in total. The van der Waals surface area contributed by atoms with E-state index in [9.17, 15) is 24.5 Å². The molecule has 0 unspecified atom stereocenters. The molecule has 0 amide bonds. The van der Waals surface area contributed by atoms with E-state index >= 15 is 0 Å². The van der Waals surface area contributed by atoms with E-state index in [-0.39, 0.29) is 5.56 Å². The molecule has 0 saturated heterocycles. The molecular formula is C9H2Cl3NO5. The lowest BCUT2D eigenvalue weighted by atomic mass is 10.0. The third-order valence-electron chi connectivity index (χ3n) is 1.94. The second-order valence-corrected chi connectivity index (χ2v) is 4.03. The van der Waals surface area contributed by atoms with Crippen LogP contribution in [0.3, 0.4) is 0 Å². The fraction of sp³-hybridized carbons (Fsp3) is 0. The summed E-state index contributed by atoms with van der Waals surface area (Å²) in [5.74, 6) is 0. The third kappa shape index (κ3) is 2.84. The maximum absolute atomic E-state index is 11.1. The van der Waals surface area contributed by atoms with Gasteiger partial charge in [0.1, 0.15) is 11.1 Å². The summed E-state index contributed by atoms with van der Waals surface area (Å²) in [6.07, 6.45) is 0. The number of halogens is 3. The molecular weight excluding hydrogens is 308 g/mol. The molecule has 0 aliphatic heterocycles. The first-order valence-corrected chi connectivity index (χ1v) is 5.31. The summed E-state index contributed by atoms with van der Waals surface area (Å²) in [4.78, 5) is 42.9. The summed E-state index contributed by atoms with van der Waals surface area (Å²) in [6, 6.07) is 1.65. The molecule has 0 saturated carbocycles. The number of nitro groups is 1. The van der Waals surface area contributed by atoms with E-state index in [4.69, 9.17) is 34.8 Å². The Hall–Kier alpha value is -1.50. The lowest BCUT2D eigenvalue weighted by Crippen LogP contribution is -2.07. The van der Waals surface area contributed by atoms with Crippen molar-refractivity contribution in [2.24, 2.45) is 0 Å². The van der Waals surface area contributed by atoms with Crippen molar-refractivity contribution in [1.29, 1.82) is 0 Å². The number of rotatable bonds is 4. The van der Waals surface area contributed by atoms with Crippen LogP contribution in [0, 0.1) is 10.1 Å². The fourth-order valence-corrected chi connectivity index (χ4v) is 1.64. The number of nitro benzene ring substituents is 1. The van der Waals surface area contributed by atoms with E-state index in [1.165, 1.54) is 0 Å². The second kappa shape index (κ2) is 5.43. The summed E-state index contributed by atoms with van der Waals surface area (Å²) in [7, 11) is 0. The standard InChI is InChI=1S/C9H2Cl3NO5/c10-7(14)3-1-4(8(11)15)6(13(17)18)5(2-3)9(12)16/h1-2H. The highest BCUT2D eigenvalue weighted by molar-refractivity contribution is 6.71. The van der Waals surface area contributed by atoms with Gasteiger partial charge >= 0.3 is 0 Å². The smallest absolute Gasteiger partial charge is 0.276 e. The van der Waals surface area contributed by atoms with Crippen LogP contribution in [-0.2, 0) is 0 Å². The number of hydrogen-bond acceptors (Lipinski definition) is 5. The van der Waals surface area contributed by atoms with Gasteiger partial charge in [-0.05, 0) is 46.9 Å². The first-order valence-electron chi connectivity index (χ1n) is 4.17. The Kier molecular flexibility index (Phi) is 4.39. The highest BCUT2D eigenvalue weighted by atomic mass is 35.5. The van der Waals surface area contributed by atoms with Crippen molar-refractivity contribution in [3.63, 3.8) is 0 Å². The number of nitrogens with zero attached hydrogens (tertiary/aromatic N) is 1.